The number of imidazole rings is 1. The predicted octanol–water partition coefficient (Wildman–Crippen LogP) is 0.467. The average Bonchev–Trinajstić information content (AvgIpc) is 3.22. The topological polar surface area (TPSA) is 70.2 Å². The molecule has 1 fully saturated rings. The third kappa shape index (κ3) is 2.89. The van der Waals surface area contributed by atoms with Crippen LogP contribution in [0.4, 0.5) is 0 Å². The lowest BCUT2D eigenvalue weighted by Gasteiger charge is -2.40. The van der Waals surface area contributed by atoms with Gasteiger partial charge in [0.05, 0.1) is 43.8 Å². The van der Waals surface area contributed by atoms with Gasteiger partial charge in [-0.25, -0.2) is 9.67 Å². The molecule has 1 saturated heterocycles. The van der Waals surface area contributed by atoms with Gasteiger partial charge in [0.25, 0.3) is 0 Å². The van der Waals surface area contributed by atoms with Crippen LogP contribution in [0.3, 0.4) is 0 Å². The van der Waals surface area contributed by atoms with Crippen molar-refractivity contribution < 1.29 is 9.47 Å². The number of methoxy groups -OCH3 is 1. The Morgan fingerprint density at radius 2 is 2.39 bits per heavy atom. The fourth-order valence-corrected chi connectivity index (χ4v) is 3.47. The average molecular weight is 318 g/mol. The fraction of sp³-hybridized carbons (Fsp3) is 0.667. The minimum absolute atomic E-state index is 0.244. The standard InChI is InChI=1S/C15H22N6O2/c1-22-7-6-20-5-3-16-15(20)10-19-4-2-14-13(9-19)21-12(11-23-14)8-17-18-21/h3,5,8,13-14H,2,4,6-7,9-11H2,1H3/t13-,14+/m1/s1. The number of nitrogens with zero attached hydrogens (tertiary/aromatic N) is 6. The first-order valence-electron chi connectivity index (χ1n) is 8.07. The van der Waals surface area contributed by atoms with Crippen molar-refractivity contribution in [2.75, 3.05) is 26.8 Å². The van der Waals surface area contributed by atoms with E-state index in [9.17, 15) is 0 Å². The van der Waals surface area contributed by atoms with Crippen LogP contribution in [0.1, 0.15) is 24.0 Å². The van der Waals surface area contributed by atoms with Gasteiger partial charge < -0.3 is 14.0 Å². The zero-order valence-electron chi connectivity index (χ0n) is 13.3. The Labute approximate surface area is 135 Å². The summed E-state index contributed by atoms with van der Waals surface area (Å²) in [5.41, 5.74) is 1.06. The molecule has 2 atom stereocenters. The molecule has 2 aliphatic heterocycles. The largest absolute Gasteiger partial charge is 0.383 e. The molecule has 0 spiro atoms. The normalized spacial score (nSPS) is 24.4. The monoisotopic (exact) mass is 318 g/mol. The zero-order chi connectivity index (χ0) is 15.6. The van der Waals surface area contributed by atoms with Crippen molar-refractivity contribution in [3.63, 3.8) is 0 Å². The van der Waals surface area contributed by atoms with E-state index in [1.54, 1.807) is 13.3 Å². The highest BCUT2D eigenvalue weighted by Gasteiger charge is 2.36. The highest BCUT2D eigenvalue weighted by molar-refractivity contribution is 5.02. The maximum absolute atomic E-state index is 5.96. The van der Waals surface area contributed by atoms with E-state index in [4.69, 9.17) is 9.47 Å². The molecule has 0 N–H and O–H groups in total. The third-order valence-corrected chi connectivity index (χ3v) is 4.72. The van der Waals surface area contributed by atoms with Crippen molar-refractivity contribution in [3.05, 3.63) is 30.1 Å². The number of aromatic nitrogens is 5. The number of ether oxygens (including phenoxy) is 2. The van der Waals surface area contributed by atoms with Gasteiger partial charge in [0.1, 0.15) is 5.82 Å². The SMILES string of the molecule is COCCn1ccnc1CN1CC[C@@H]2OCc3cnnn3[C@@H]2C1. The van der Waals surface area contributed by atoms with Crippen LogP contribution in [0.15, 0.2) is 18.6 Å². The van der Waals surface area contributed by atoms with Crippen molar-refractivity contribution in [3.8, 4) is 0 Å². The van der Waals surface area contributed by atoms with Crippen molar-refractivity contribution >= 4 is 0 Å². The highest BCUT2D eigenvalue weighted by atomic mass is 16.5. The lowest BCUT2D eigenvalue weighted by atomic mass is 10.0. The summed E-state index contributed by atoms with van der Waals surface area (Å²) in [6.07, 6.45) is 6.93. The van der Waals surface area contributed by atoms with Crippen molar-refractivity contribution in [1.29, 1.82) is 0 Å². The fourth-order valence-electron chi connectivity index (χ4n) is 3.47. The Bertz CT molecular complexity index is 654. The smallest absolute Gasteiger partial charge is 0.122 e. The molecule has 0 aromatic carbocycles. The van der Waals surface area contributed by atoms with Crippen molar-refractivity contribution in [2.24, 2.45) is 0 Å². The van der Waals surface area contributed by atoms with E-state index in [-0.39, 0.29) is 12.1 Å². The molecule has 2 aliphatic rings. The summed E-state index contributed by atoms with van der Waals surface area (Å²) in [5, 5.41) is 8.28. The van der Waals surface area contributed by atoms with Gasteiger partial charge in [-0.15, -0.1) is 5.10 Å². The Balaban J connectivity index is 1.45. The molecule has 0 aliphatic carbocycles. The number of piperidine rings is 1. The van der Waals surface area contributed by atoms with Gasteiger partial charge >= 0.3 is 0 Å². The van der Waals surface area contributed by atoms with Gasteiger partial charge in [-0.2, -0.15) is 0 Å². The Kier molecular flexibility index (Phi) is 4.11. The van der Waals surface area contributed by atoms with Crippen LogP contribution in [0.25, 0.3) is 0 Å². The number of hydrogen-bond donors (Lipinski definition) is 0. The minimum Gasteiger partial charge on any atom is -0.383 e. The lowest BCUT2D eigenvalue weighted by molar-refractivity contribution is -0.0674. The molecule has 8 nitrogen and oxygen atoms in total. The molecule has 23 heavy (non-hydrogen) atoms. The van der Waals surface area contributed by atoms with Crippen LogP contribution in [-0.2, 0) is 29.2 Å². The zero-order valence-corrected chi connectivity index (χ0v) is 13.3. The van der Waals surface area contributed by atoms with Gasteiger partial charge in [-0.05, 0) is 6.42 Å². The van der Waals surface area contributed by atoms with Gasteiger partial charge in [-0.3, -0.25) is 4.90 Å². The number of rotatable bonds is 5. The maximum atomic E-state index is 5.96. The first-order valence-corrected chi connectivity index (χ1v) is 8.07. The Morgan fingerprint density at radius 1 is 1.43 bits per heavy atom. The molecule has 0 saturated carbocycles. The molecule has 0 unspecified atom stereocenters. The van der Waals surface area contributed by atoms with Crippen LogP contribution in [0.5, 0.6) is 0 Å². The third-order valence-electron chi connectivity index (χ3n) is 4.72. The summed E-state index contributed by atoms with van der Waals surface area (Å²) in [5.74, 6) is 1.08. The lowest BCUT2D eigenvalue weighted by Crippen LogP contribution is -2.47. The van der Waals surface area contributed by atoms with Crippen LogP contribution in [0, 0.1) is 0 Å². The summed E-state index contributed by atoms with van der Waals surface area (Å²) in [6, 6.07) is 0.248. The summed E-state index contributed by atoms with van der Waals surface area (Å²) in [4.78, 5) is 6.92. The molecule has 4 heterocycles. The summed E-state index contributed by atoms with van der Waals surface area (Å²) in [6.45, 7) is 4.92. The van der Waals surface area contributed by atoms with Crippen LogP contribution >= 0.6 is 0 Å². The second-order valence-corrected chi connectivity index (χ2v) is 6.14. The van der Waals surface area contributed by atoms with Crippen molar-refractivity contribution in [1.82, 2.24) is 29.4 Å². The van der Waals surface area contributed by atoms with E-state index in [1.165, 1.54) is 0 Å². The van der Waals surface area contributed by atoms with Gasteiger partial charge in [0.2, 0.25) is 0 Å². The Hall–Kier alpha value is -1.77. The molecule has 2 aromatic heterocycles. The molecule has 2 aromatic rings. The molecular weight excluding hydrogens is 296 g/mol. The van der Waals surface area contributed by atoms with Crippen LogP contribution in [0.2, 0.25) is 0 Å². The van der Waals surface area contributed by atoms with Gasteiger partial charge in [0, 0.05) is 39.1 Å². The van der Waals surface area contributed by atoms with E-state index >= 15 is 0 Å². The summed E-state index contributed by atoms with van der Waals surface area (Å²) >= 11 is 0. The van der Waals surface area contributed by atoms with Crippen molar-refractivity contribution in [2.45, 2.75) is 38.3 Å². The molecule has 0 radical (unpaired) electrons. The quantitative estimate of drug-likeness (QED) is 0.798. The molecule has 0 amide bonds. The number of hydrogen-bond acceptors (Lipinski definition) is 6. The molecular formula is C15H22N6O2. The summed E-state index contributed by atoms with van der Waals surface area (Å²) in [7, 11) is 1.72. The van der Waals surface area contributed by atoms with Crippen LogP contribution in [-0.4, -0.2) is 62.4 Å². The predicted molar refractivity (Wildman–Crippen MR) is 81.6 cm³/mol. The summed E-state index contributed by atoms with van der Waals surface area (Å²) < 4.78 is 15.3. The molecule has 0 bridgehead atoms. The van der Waals surface area contributed by atoms with E-state index in [0.29, 0.717) is 13.2 Å². The van der Waals surface area contributed by atoms with Gasteiger partial charge in [0.15, 0.2) is 0 Å². The number of fused-ring (bicyclic) bond motifs is 3. The first kappa shape index (κ1) is 14.8. The van der Waals surface area contributed by atoms with Gasteiger partial charge in [-0.1, -0.05) is 5.21 Å². The second-order valence-electron chi connectivity index (χ2n) is 6.14. The maximum Gasteiger partial charge on any atom is 0.122 e. The van der Waals surface area contributed by atoms with E-state index in [1.807, 2.05) is 17.1 Å². The number of likely N-dealkylation sites (tertiary alicyclic amines) is 1. The van der Waals surface area contributed by atoms with E-state index in [0.717, 1.165) is 44.1 Å². The minimum atomic E-state index is 0.244. The second kappa shape index (κ2) is 6.38. The molecule has 8 heteroatoms. The van der Waals surface area contributed by atoms with Crippen LogP contribution < -0.4 is 0 Å². The first-order chi connectivity index (χ1) is 11.3. The van der Waals surface area contributed by atoms with E-state index < -0.39 is 0 Å². The molecule has 4 rings (SSSR count). The van der Waals surface area contributed by atoms with E-state index in [2.05, 4.69) is 24.8 Å². The Morgan fingerprint density at radius 3 is 3.30 bits per heavy atom. The molecule has 124 valence electrons. The highest BCUT2D eigenvalue weighted by Crippen LogP contribution is 2.30.